The molecule has 1 aliphatic rings. The van der Waals surface area contributed by atoms with Gasteiger partial charge in [0, 0.05) is 4.90 Å². The topological polar surface area (TPSA) is 20.2 Å². The van der Waals surface area contributed by atoms with Crippen molar-refractivity contribution >= 4 is 12.6 Å². The molecule has 0 saturated heterocycles. The minimum absolute atomic E-state index is 0.240. The van der Waals surface area contributed by atoms with E-state index in [1.165, 1.54) is 25.7 Å². The number of phenolic OH excluding ortho intramolecular Hbond substituents is 1. The quantitative estimate of drug-likeness (QED) is 0.608. The molecule has 0 bridgehead atoms. The van der Waals surface area contributed by atoms with Gasteiger partial charge in [-0.1, -0.05) is 31.7 Å². The molecule has 1 fully saturated rings. The summed E-state index contributed by atoms with van der Waals surface area (Å²) < 4.78 is 0. The van der Waals surface area contributed by atoms with Crippen molar-refractivity contribution in [1.82, 2.24) is 0 Å². The predicted octanol–water partition coefficient (Wildman–Crippen LogP) is 3.55. The van der Waals surface area contributed by atoms with Crippen molar-refractivity contribution in [2.75, 3.05) is 0 Å². The molecule has 1 aromatic carbocycles. The lowest BCUT2D eigenvalue weighted by molar-refractivity contribution is 0.462. The van der Waals surface area contributed by atoms with Crippen molar-refractivity contribution in [2.24, 2.45) is 0 Å². The SMILES string of the molecule is C1CCC1.Cc1ccc(O)c(S)c1. The Kier molecular flexibility index (Phi) is 4.16. The summed E-state index contributed by atoms with van der Waals surface area (Å²) in [7, 11) is 0. The molecule has 0 spiro atoms. The molecule has 0 aliphatic heterocycles. The summed E-state index contributed by atoms with van der Waals surface area (Å²) >= 11 is 4.02. The van der Waals surface area contributed by atoms with E-state index >= 15 is 0 Å². The highest BCUT2D eigenvalue weighted by atomic mass is 32.1. The first-order valence-corrected chi connectivity index (χ1v) is 5.13. The van der Waals surface area contributed by atoms with Gasteiger partial charge in [-0.15, -0.1) is 12.6 Å². The molecule has 0 atom stereocenters. The van der Waals surface area contributed by atoms with E-state index in [1.54, 1.807) is 6.07 Å². The van der Waals surface area contributed by atoms with Gasteiger partial charge in [0.25, 0.3) is 0 Å². The van der Waals surface area contributed by atoms with E-state index < -0.39 is 0 Å². The fourth-order valence-corrected chi connectivity index (χ4v) is 1.16. The van der Waals surface area contributed by atoms with Crippen LogP contribution in [0.1, 0.15) is 31.2 Å². The molecule has 0 aromatic heterocycles. The van der Waals surface area contributed by atoms with Gasteiger partial charge in [-0.05, 0) is 24.6 Å². The Morgan fingerprint density at radius 1 is 1.15 bits per heavy atom. The zero-order valence-electron chi connectivity index (χ0n) is 7.95. The van der Waals surface area contributed by atoms with Crippen molar-refractivity contribution in [1.29, 1.82) is 0 Å². The van der Waals surface area contributed by atoms with Gasteiger partial charge in [0.15, 0.2) is 0 Å². The van der Waals surface area contributed by atoms with Gasteiger partial charge in [0.2, 0.25) is 0 Å². The van der Waals surface area contributed by atoms with Crippen molar-refractivity contribution < 1.29 is 5.11 Å². The normalized spacial score (nSPS) is 14.0. The van der Waals surface area contributed by atoms with Gasteiger partial charge in [-0.3, -0.25) is 0 Å². The molecule has 0 heterocycles. The second-order valence-electron chi connectivity index (χ2n) is 3.41. The van der Waals surface area contributed by atoms with Gasteiger partial charge in [0.05, 0.1) is 0 Å². The molecular weight excluding hydrogens is 180 g/mol. The third-order valence-electron chi connectivity index (χ3n) is 2.13. The van der Waals surface area contributed by atoms with Crippen LogP contribution in [0.2, 0.25) is 0 Å². The molecule has 1 nitrogen and oxygen atoms in total. The number of benzene rings is 1. The van der Waals surface area contributed by atoms with E-state index in [0.29, 0.717) is 4.90 Å². The van der Waals surface area contributed by atoms with Crippen molar-refractivity contribution in [3.63, 3.8) is 0 Å². The zero-order chi connectivity index (χ0) is 9.68. The van der Waals surface area contributed by atoms with E-state index in [9.17, 15) is 0 Å². The maximum absolute atomic E-state index is 8.97. The number of aryl methyl sites for hydroxylation is 1. The Balaban J connectivity index is 0.000000175. The fraction of sp³-hybridized carbons (Fsp3) is 0.455. The number of phenols is 1. The van der Waals surface area contributed by atoms with E-state index in [4.69, 9.17) is 5.11 Å². The largest absolute Gasteiger partial charge is 0.507 e. The molecule has 72 valence electrons. The van der Waals surface area contributed by atoms with Crippen LogP contribution in [0, 0.1) is 6.92 Å². The van der Waals surface area contributed by atoms with Gasteiger partial charge in [-0.25, -0.2) is 0 Å². The first kappa shape index (κ1) is 10.5. The van der Waals surface area contributed by atoms with Crippen LogP contribution in [-0.2, 0) is 0 Å². The van der Waals surface area contributed by atoms with Crippen LogP contribution >= 0.6 is 12.6 Å². The Morgan fingerprint density at radius 3 is 2.00 bits per heavy atom. The lowest BCUT2D eigenvalue weighted by Crippen LogP contribution is -1.85. The van der Waals surface area contributed by atoms with Crippen molar-refractivity contribution in [2.45, 2.75) is 37.5 Å². The van der Waals surface area contributed by atoms with Gasteiger partial charge < -0.3 is 5.11 Å². The molecule has 0 unspecified atom stereocenters. The number of hydrogen-bond acceptors (Lipinski definition) is 2. The molecule has 1 aromatic rings. The molecule has 1 aliphatic carbocycles. The highest BCUT2D eigenvalue weighted by Crippen LogP contribution is 2.20. The monoisotopic (exact) mass is 196 g/mol. The number of rotatable bonds is 0. The van der Waals surface area contributed by atoms with E-state index in [-0.39, 0.29) is 5.75 Å². The highest BCUT2D eigenvalue weighted by molar-refractivity contribution is 7.80. The molecule has 0 amide bonds. The van der Waals surface area contributed by atoms with Crippen LogP contribution in [0.15, 0.2) is 23.1 Å². The standard InChI is InChI=1S/C7H8OS.C4H8/c1-5-2-3-6(8)7(9)4-5;1-2-4-3-1/h2-4,8-9H,1H3;1-4H2. The second-order valence-corrected chi connectivity index (χ2v) is 3.89. The average molecular weight is 196 g/mol. The molecule has 0 radical (unpaired) electrons. The third-order valence-corrected chi connectivity index (χ3v) is 2.49. The third kappa shape index (κ3) is 3.73. The van der Waals surface area contributed by atoms with Crippen LogP contribution in [0.25, 0.3) is 0 Å². The fourth-order valence-electron chi connectivity index (χ4n) is 0.883. The van der Waals surface area contributed by atoms with Gasteiger partial charge >= 0.3 is 0 Å². The van der Waals surface area contributed by atoms with Crippen molar-refractivity contribution in [3.05, 3.63) is 23.8 Å². The summed E-state index contributed by atoms with van der Waals surface area (Å²) in [5.74, 6) is 0.240. The summed E-state index contributed by atoms with van der Waals surface area (Å²) in [5.41, 5.74) is 1.11. The second kappa shape index (κ2) is 5.18. The maximum atomic E-state index is 8.97. The molecular formula is C11H16OS. The van der Waals surface area contributed by atoms with Crippen LogP contribution in [0.5, 0.6) is 5.75 Å². The van der Waals surface area contributed by atoms with Crippen LogP contribution < -0.4 is 0 Å². The minimum Gasteiger partial charge on any atom is -0.507 e. The molecule has 2 rings (SSSR count). The van der Waals surface area contributed by atoms with E-state index in [0.717, 1.165) is 5.56 Å². The summed E-state index contributed by atoms with van der Waals surface area (Å²) in [6.07, 6.45) is 6.00. The number of hydrogen-bond donors (Lipinski definition) is 2. The smallest absolute Gasteiger partial charge is 0.128 e. The Morgan fingerprint density at radius 2 is 1.69 bits per heavy atom. The van der Waals surface area contributed by atoms with Crippen LogP contribution in [-0.4, -0.2) is 5.11 Å². The van der Waals surface area contributed by atoms with Crippen LogP contribution in [0.3, 0.4) is 0 Å². The van der Waals surface area contributed by atoms with Gasteiger partial charge in [0.1, 0.15) is 5.75 Å². The lowest BCUT2D eigenvalue weighted by atomic mass is 10.0. The van der Waals surface area contributed by atoms with E-state index in [2.05, 4.69) is 12.6 Å². The molecule has 1 N–H and O–H groups in total. The first-order valence-electron chi connectivity index (χ1n) is 4.69. The van der Waals surface area contributed by atoms with Gasteiger partial charge in [-0.2, -0.15) is 0 Å². The van der Waals surface area contributed by atoms with E-state index in [1.807, 2.05) is 19.1 Å². The van der Waals surface area contributed by atoms with Crippen molar-refractivity contribution in [3.8, 4) is 5.75 Å². The zero-order valence-corrected chi connectivity index (χ0v) is 8.85. The Hall–Kier alpha value is -0.630. The first-order chi connectivity index (χ1) is 6.20. The summed E-state index contributed by atoms with van der Waals surface area (Å²) in [6.45, 7) is 1.96. The maximum Gasteiger partial charge on any atom is 0.128 e. The molecule has 1 saturated carbocycles. The Labute approximate surface area is 85.2 Å². The molecule has 2 heteroatoms. The predicted molar refractivity (Wildman–Crippen MR) is 58.6 cm³/mol. The highest BCUT2D eigenvalue weighted by Gasteiger charge is 1.95. The summed E-state index contributed by atoms with van der Waals surface area (Å²) in [6, 6.07) is 5.30. The average Bonchev–Trinajstić information content (AvgIpc) is 1.94. The number of thiol groups is 1. The summed E-state index contributed by atoms with van der Waals surface area (Å²) in [5, 5.41) is 8.97. The summed E-state index contributed by atoms with van der Waals surface area (Å²) in [4.78, 5) is 0.634. The number of aromatic hydroxyl groups is 1. The molecule has 13 heavy (non-hydrogen) atoms. The Bertz CT molecular complexity index is 263. The minimum atomic E-state index is 0.240. The van der Waals surface area contributed by atoms with Crippen LogP contribution in [0.4, 0.5) is 0 Å². The lowest BCUT2D eigenvalue weighted by Gasteiger charge is -2.05.